The van der Waals surface area contributed by atoms with Crippen LogP contribution in [-0.2, 0) is 12.8 Å². The predicted octanol–water partition coefficient (Wildman–Crippen LogP) is 3.53. The van der Waals surface area contributed by atoms with Crippen LogP contribution in [0.25, 0.3) is 10.8 Å². The van der Waals surface area contributed by atoms with Crippen LogP contribution in [0.2, 0.25) is 5.02 Å². The summed E-state index contributed by atoms with van der Waals surface area (Å²) in [6.45, 7) is 0. The number of nitrogens with zero attached hydrogens (tertiary/aromatic N) is 1. The van der Waals surface area contributed by atoms with E-state index in [-0.39, 0.29) is 10.6 Å². The van der Waals surface area contributed by atoms with Crippen LogP contribution in [0.1, 0.15) is 42.2 Å². The number of halogens is 1. The molecule has 1 aliphatic carbocycles. The minimum absolute atomic E-state index is 0.194. The Morgan fingerprint density at radius 2 is 1.44 bits per heavy atom. The number of rotatable bonds is 2. The van der Waals surface area contributed by atoms with Crippen LogP contribution in [0.4, 0.5) is 0 Å². The number of aryl methyl sites for hydroxylation is 2. The first-order valence-electron chi connectivity index (χ1n) is 8.58. The second kappa shape index (κ2) is 5.66. The molecule has 0 atom stereocenters. The van der Waals surface area contributed by atoms with Crippen LogP contribution in [0, 0.1) is 0 Å². The molecule has 0 saturated carbocycles. The Labute approximate surface area is 159 Å². The summed E-state index contributed by atoms with van der Waals surface area (Å²) in [6.07, 6.45) is 1.82. The van der Waals surface area contributed by atoms with E-state index in [4.69, 9.17) is 11.6 Å². The summed E-state index contributed by atoms with van der Waals surface area (Å²) in [6, 6.07) is 13.8. The molecule has 3 aromatic carbocycles. The van der Waals surface area contributed by atoms with Crippen molar-refractivity contribution in [3.8, 4) is 0 Å². The average molecular weight is 377 g/mol. The molecule has 0 saturated heterocycles. The molecule has 0 fully saturated rings. The highest BCUT2D eigenvalue weighted by Crippen LogP contribution is 2.38. The SMILES string of the molecule is O=C(NN1C(=O)c2ccc3c4c(ccc(c24)C1=O)CC3)c1ccccc1Cl. The highest BCUT2D eigenvalue weighted by molar-refractivity contribution is 6.34. The summed E-state index contributed by atoms with van der Waals surface area (Å²) >= 11 is 6.05. The highest BCUT2D eigenvalue weighted by atomic mass is 35.5. The largest absolute Gasteiger partial charge is 0.280 e. The summed E-state index contributed by atoms with van der Waals surface area (Å²) in [5.74, 6) is -1.69. The van der Waals surface area contributed by atoms with E-state index in [1.165, 1.54) is 6.07 Å². The lowest BCUT2D eigenvalue weighted by molar-refractivity contribution is 0.0479. The van der Waals surface area contributed by atoms with Gasteiger partial charge in [-0.3, -0.25) is 19.8 Å². The maximum absolute atomic E-state index is 13.0. The number of hydrazine groups is 1. The zero-order valence-electron chi connectivity index (χ0n) is 14.1. The van der Waals surface area contributed by atoms with E-state index >= 15 is 0 Å². The normalized spacial score (nSPS) is 14.8. The predicted molar refractivity (Wildman–Crippen MR) is 101 cm³/mol. The fraction of sp³-hybridized carbons (Fsp3) is 0.0952. The molecule has 3 aromatic rings. The second-order valence-corrected chi connectivity index (χ2v) is 7.07. The smallest absolute Gasteiger partial charge is 0.267 e. The van der Waals surface area contributed by atoms with Gasteiger partial charge < -0.3 is 0 Å². The number of carbonyl (C=O) groups is 3. The molecule has 2 aliphatic rings. The van der Waals surface area contributed by atoms with Gasteiger partial charge in [-0.15, -0.1) is 0 Å². The number of nitrogens with one attached hydrogen (secondary N) is 1. The lowest BCUT2D eigenvalue weighted by atomic mass is 9.92. The Kier molecular flexibility index (Phi) is 3.36. The molecule has 6 heteroatoms. The van der Waals surface area contributed by atoms with Gasteiger partial charge in [-0.25, -0.2) is 0 Å². The minimum atomic E-state index is -0.612. The van der Waals surface area contributed by atoms with Crippen LogP contribution in [-0.4, -0.2) is 22.7 Å². The van der Waals surface area contributed by atoms with E-state index in [0.29, 0.717) is 16.5 Å². The van der Waals surface area contributed by atoms with E-state index < -0.39 is 17.7 Å². The van der Waals surface area contributed by atoms with Gasteiger partial charge in [0.25, 0.3) is 17.7 Å². The number of benzene rings is 3. The topological polar surface area (TPSA) is 66.5 Å². The average Bonchev–Trinajstić information content (AvgIpc) is 3.10. The maximum Gasteiger partial charge on any atom is 0.280 e. The Morgan fingerprint density at radius 1 is 0.852 bits per heavy atom. The number of hydrogen-bond donors (Lipinski definition) is 1. The Hall–Kier alpha value is -3.18. The lowest BCUT2D eigenvalue weighted by Gasteiger charge is -2.27. The molecule has 3 amide bonds. The Morgan fingerprint density at radius 3 is 2.04 bits per heavy atom. The van der Waals surface area contributed by atoms with Crippen molar-refractivity contribution >= 4 is 40.1 Å². The fourth-order valence-electron chi connectivity index (χ4n) is 3.93. The van der Waals surface area contributed by atoms with E-state index in [0.717, 1.165) is 34.4 Å². The first-order chi connectivity index (χ1) is 13.1. The van der Waals surface area contributed by atoms with Crippen LogP contribution in [0.3, 0.4) is 0 Å². The van der Waals surface area contributed by atoms with E-state index in [2.05, 4.69) is 5.43 Å². The third kappa shape index (κ3) is 2.22. The monoisotopic (exact) mass is 376 g/mol. The molecule has 0 spiro atoms. The van der Waals surface area contributed by atoms with Gasteiger partial charge in [0.1, 0.15) is 0 Å². The molecule has 132 valence electrons. The van der Waals surface area contributed by atoms with Gasteiger partial charge >= 0.3 is 0 Å². The van der Waals surface area contributed by atoms with Crippen molar-refractivity contribution in [3.63, 3.8) is 0 Å². The van der Waals surface area contributed by atoms with Gasteiger partial charge in [0.15, 0.2) is 0 Å². The number of carbonyl (C=O) groups excluding carboxylic acids is 3. The molecule has 27 heavy (non-hydrogen) atoms. The van der Waals surface area contributed by atoms with Crippen molar-refractivity contribution in [2.24, 2.45) is 0 Å². The third-order valence-corrected chi connectivity index (χ3v) is 5.53. The Bertz CT molecular complexity index is 1130. The maximum atomic E-state index is 13.0. The standard InChI is InChI=1S/C21H13ClN2O3/c22-16-4-2-1-3-13(16)19(25)23-24-20(26)14-9-7-11-5-6-12-8-10-15(21(24)27)18(14)17(11)12/h1-4,7-10H,5-6H2,(H,23,25). The zero-order valence-corrected chi connectivity index (χ0v) is 14.8. The molecular weight excluding hydrogens is 364 g/mol. The van der Waals surface area contributed by atoms with Crippen LogP contribution < -0.4 is 5.43 Å². The fourth-order valence-corrected chi connectivity index (χ4v) is 4.15. The zero-order chi connectivity index (χ0) is 18.7. The molecule has 0 aromatic heterocycles. The minimum Gasteiger partial charge on any atom is -0.267 e. The summed E-state index contributed by atoms with van der Waals surface area (Å²) in [5.41, 5.74) is 5.76. The van der Waals surface area contributed by atoms with E-state index in [9.17, 15) is 14.4 Å². The second-order valence-electron chi connectivity index (χ2n) is 6.66. The van der Waals surface area contributed by atoms with E-state index in [1.807, 2.05) is 12.1 Å². The summed E-state index contributed by atoms with van der Waals surface area (Å²) < 4.78 is 0. The van der Waals surface area contributed by atoms with Gasteiger partial charge in [0.2, 0.25) is 0 Å². The quantitative estimate of drug-likeness (QED) is 0.696. The molecule has 0 unspecified atom stereocenters. The van der Waals surface area contributed by atoms with Gasteiger partial charge in [-0.1, -0.05) is 35.9 Å². The lowest BCUT2D eigenvalue weighted by Crippen LogP contribution is -2.51. The number of imide groups is 1. The molecule has 5 rings (SSSR count). The van der Waals surface area contributed by atoms with Crippen molar-refractivity contribution in [2.45, 2.75) is 12.8 Å². The number of hydrogen-bond acceptors (Lipinski definition) is 3. The molecule has 5 nitrogen and oxygen atoms in total. The first kappa shape index (κ1) is 16.0. The molecule has 1 heterocycles. The first-order valence-corrected chi connectivity index (χ1v) is 8.96. The molecule has 0 radical (unpaired) electrons. The van der Waals surface area contributed by atoms with Crippen molar-refractivity contribution in [1.29, 1.82) is 0 Å². The van der Waals surface area contributed by atoms with Gasteiger partial charge in [0, 0.05) is 5.39 Å². The van der Waals surface area contributed by atoms with Crippen LogP contribution in [0.15, 0.2) is 48.5 Å². The highest BCUT2D eigenvalue weighted by Gasteiger charge is 2.36. The summed E-state index contributed by atoms with van der Waals surface area (Å²) in [4.78, 5) is 38.5. The Balaban J connectivity index is 1.59. The molecule has 1 aliphatic heterocycles. The van der Waals surface area contributed by atoms with Crippen molar-refractivity contribution in [3.05, 3.63) is 81.4 Å². The van der Waals surface area contributed by atoms with Crippen LogP contribution >= 0.6 is 11.6 Å². The van der Waals surface area contributed by atoms with Gasteiger partial charge in [-0.05, 0) is 53.6 Å². The summed E-state index contributed by atoms with van der Waals surface area (Å²) in [7, 11) is 0. The number of amides is 3. The third-order valence-electron chi connectivity index (χ3n) is 5.20. The van der Waals surface area contributed by atoms with Crippen molar-refractivity contribution < 1.29 is 14.4 Å². The van der Waals surface area contributed by atoms with E-state index in [1.54, 1.807) is 30.3 Å². The van der Waals surface area contributed by atoms with Gasteiger partial charge in [0.05, 0.1) is 21.7 Å². The van der Waals surface area contributed by atoms with Crippen molar-refractivity contribution in [2.75, 3.05) is 0 Å². The molecule has 0 bridgehead atoms. The van der Waals surface area contributed by atoms with Crippen LogP contribution in [0.5, 0.6) is 0 Å². The van der Waals surface area contributed by atoms with Crippen molar-refractivity contribution in [1.82, 2.24) is 10.4 Å². The van der Waals surface area contributed by atoms with Gasteiger partial charge in [-0.2, -0.15) is 5.01 Å². The molecular formula is C21H13ClN2O3. The summed E-state index contributed by atoms with van der Waals surface area (Å²) in [5, 5.41) is 2.72. The molecule has 1 N–H and O–H groups in total.